The number of ether oxygens (including phenoxy) is 1. The molecule has 1 aliphatic rings. The van der Waals surface area contributed by atoms with E-state index in [1.54, 1.807) is 0 Å². The number of carbonyl (C=O) groups is 1. The molecule has 6 heteroatoms. The molecule has 2 aromatic carbocycles. The minimum absolute atomic E-state index is 0.0182. The van der Waals surface area contributed by atoms with Crippen LogP contribution in [0.25, 0.3) is 11.4 Å². The second-order valence-electron chi connectivity index (χ2n) is 7.48. The lowest BCUT2D eigenvalue weighted by atomic mass is 9.94. The summed E-state index contributed by atoms with van der Waals surface area (Å²) in [5.74, 6) is 2.30. The molecule has 4 rings (SSSR count). The summed E-state index contributed by atoms with van der Waals surface area (Å²) < 4.78 is 11.1. The molecule has 0 spiro atoms. The zero-order chi connectivity index (χ0) is 20.1. The highest BCUT2D eigenvalue weighted by Crippen LogP contribution is 2.24. The van der Waals surface area contributed by atoms with Gasteiger partial charge in [0.2, 0.25) is 11.7 Å². The molecule has 1 atom stereocenters. The fourth-order valence-corrected chi connectivity index (χ4v) is 3.73. The lowest BCUT2D eigenvalue weighted by Crippen LogP contribution is -2.42. The van der Waals surface area contributed by atoms with Crippen molar-refractivity contribution in [2.24, 2.45) is 5.92 Å². The topological polar surface area (TPSA) is 68.5 Å². The van der Waals surface area contributed by atoms with Crippen molar-refractivity contribution in [1.82, 2.24) is 15.0 Å². The van der Waals surface area contributed by atoms with Gasteiger partial charge in [-0.05, 0) is 43.4 Å². The minimum Gasteiger partial charge on any atom is -0.484 e. The van der Waals surface area contributed by atoms with Gasteiger partial charge in [0.05, 0.1) is 0 Å². The standard InChI is InChI=1S/C23H25N3O3/c1-17-8-5-6-12-20(17)23-24-21(29-25-23)14-18-9-7-13-26(15-18)22(27)16-28-19-10-3-2-4-11-19/h2-6,8,10-12,18H,7,9,13-16H2,1H3. The summed E-state index contributed by atoms with van der Waals surface area (Å²) in [5.41, 5.74) is 2.11. The van der Waals surface area contributed by atoms with Gasteiger partial charge in [0.15, 0.2) is 6.61 Å². The van der Waals surface area contributed by atoms with E-state index in [1.807, 2.05) is 66.4 Å². The normalized spacial score (nSPS) is 16.6. The Balaban J connectivity index is 1.33. The van der Waals surface area contributed by atoms with Crippen molar-refractivity contribution in [2.75, 3.05) is 19.7 Å². The third-order valence-corrected chi connectivity index (χ3v) is 5.29. The van der Waals surface area contributed by atoms with E-state index < -0.39 is 0 Å². The molecule has 0 radical (unpaired) electrons. The van der Waals surface area contributed by atoms with E-state index in [0.29, 0.717) is 36.3 Å². The van der Waals surface area contributed by atoms with Crippen LogP contribution in [0.5, 0.6) is 5.75 Å². The number of amides is 1. The number of carbonyl (C=O) groups excluding carboxylic acids is 1. The number of hydrogen-bond donors (Lipinski definition) is 0. The van der Waals surface area contributed by atoms with Gasteiger partial charge in [-0.2, -0.15) is 4.98 Å². The number of aryl methyl sites for hydroxylation is 1. The zero-order valence-corrected chi connectivity index (χ0v) is 16.6. The zero-order valence-electron chi connectivity index (χ0n) is 16.6. The van der Waals surface area contributed by atoms with Crippen LogP contribution in [0.3, 0.4) is 0 Å². The Labute approximate surface area is 170 Å². The highest BCUT2D eigenvalue weighted by atomic mass is 16.5. The summed E-state index contributed by atoms with van der Waals surface area (Å²) in [5, 5.41) is 4.14. The number of aromatic nitrogens is 2. The predicted octanol–water partition coefficient (Wildman–Crippen LogP) is 3.91. The third kappa shape index (κ3) is 4.83. The number of piperidine rings is 1. The molecule has 1 aliphatic heterocycles. The first kappa shape index (κ1) is 19.2. The number of para-hydroxylation sites is 1. The highest BCUT2D eigenvalue weighted by Gasteiger charge is 2.26. The van der Waals surface area contributed by atoms with Crippen molar-refractivity contribution in [3.05, 3.63) is 66.1 Å². The van der Waals surface area contributed by atoms with Crippen molar-refractivity contribution in [3.8, 4) is 17.1 Å². The minimum atomic E-state index is 0.0182. The molecule has 1 saturated heterocycles. The van der Waals surface area contributed by atoms with Gasteiger partial charge in [0.25, 0.3) is 5.91 Å². The SMILES string of the molecule is Cc1ccccc1-c1noc(CC2CCCN(C(=O)COc3ccccc3)C2)n1. The van der Waals surface area contributed by atoms with E-state index in [4.69, 9.17) is 9.26 Å². The van der Waals surface area contributed by atoms with Crippen LogP contribution in [0.15, 0.2) is 59.1 Å². The molecule has 1 amide bonds. The largest absolute Gasteiger partial charge is 0.484 e. The van der Waals surface area contributed by atoms with Gasteiger partial charge in [0.1, 0.15) is 5.75 Å². The van der Waals surface area contributed by atoms with Crippen molar-refractivity contribution in [2.45, 2.75) is 26.2 Å². The van der Waals surface area contributed by atoms with E-state index in [9.17, 15) is 4.79 Å². The summed E-state index contributed by atoms with van der Waals surface area (Å²) in [6.07, 6.45) is 2.70. The van der Waals surface area contributed by atoms with Crippen LogP contribution in [0.2, 0.25) is 0 Å². The number of benzene rings is 2. The van der Waals surface area contributed by atoms with E-state index in [1.165, 1.54) is 0 Å². The maximum atomic E-state index is 12.5. The van der Waals surface area contributed by atoms with Crippen LogP contribution >= 0.6 is 0 Å². The maximum Gasteiger partial charge on any atom is 0.260 e. The smallest absolute Gasteiger partial charge is 0.260 e. The molecule has 6 nitrogen and oxygen atoms in total. The molecule has 29 heavy (non-hydrogen) atoms. The first-order valence-electron chi connectivity index (χ1n) is 10.0. The lowest BCUT2D eigenvalue weighted by Gasteiger charge is -2.32. The first-order chi connectivity index (χ1) is 14.2. The number of hydrogen-bond acceptors (Lipinski definition) is 5. The van der Waals surface area contributed by atoms with Gasteiger partial charge in [0, 0.05) is 25.1 Å². The molecule has 0 aliphatic carbocycles. The number of rotatable bonds is 6. The Morgan fingerprint density at radius 1 is 1.17 bits per heavy atom. The first-order valence-corrected chi connectivity index (χ1v) is 10.0. The summed E-state index contributed by atoms with van der Waals surface area (Å²) in [7, 11) is 0. The molecule has 3 aromatic rings. The van der Waals surface area contributed by atoms with E-state index in [2.05, 4.69) is 10.1 Å². The fraction of sp³-hybridized carbons (Fsp3) is 0.348. The lowest BCUT2D eigenvalue weighted by molar-refractivity contribution is -0.135. The maximum absolute atomic E-state index is 12.5. The van der Waals surface area contributed by atoms with Gasteiger partial charge in [-0.3, -0.25) is 4.79 Å². The molecule has 2 heterocycles. The number of nitrogens with zero attached hydrogens (tertiary/aromatic N) is 3. The van der Waals surface area contributed by atoms with Crippen molar-refractivity contribution in [3.63, 3.8) is 0 Å². The van der Waals surface area contributed by atoms with Gasteiger partial charge in [-0.15, -0.1) is 0 Å². The molecule has 1 aromatic heterocycles. The summed E-state index contributed by atoms with van der Waals surface area (Å²) >= 11 is 0. The summed E-state index contributed by atoms with van der Waals surface area (Å²) in [4.78, 5) is 19.0. The number of likely N-dealkylation sites (tertiary alicyclic amines) is 1. The molecule has 0 bridgehead atoms. The molecule has 1 fully saturated rings. The second kappa shape index (κ2) is 8.90. The van der Waals surface area contributed by atoms with Gasteiger partial charge < -0.3 is 14.2 Å². The molecule has 0 saturated carbocycles. The van der Waals surface area contributed by atoms with Gasteiger partial charge in [-0.1, -0.05) is 47.6 Å². The highest BCUT2D eigenvalue weighted by molar-refractivity contribution is 5.77. The predicted molar refractivity (Wildman–Crippen MR) is 109 cm³/mol. The van der Waals surface area contributed by atoms with E-state index in [-0.39, 0.29) is 12.5 Å². The van der Waals surface area contributed by atoms with Crippen LogP contribution in [-0.4, -0.2) is 40.6 Å². The van der Waals surface area contributed by atoms with Crippen LogP contribution in [0, 0.1) is 12.8 Å². The van der Waals surface area contributed by atoms with Gasteiger partial charge in [-0.25, -0.2) is 0 Å². The summed E-state index contributed by atoms with van der Waals surface area (Å²) in [6.45, 7) is 3.56. The van der Waals surface area contributed by atoms with E-state index >= 15 is 0 Å². The average Bonchev–Trinajstić information content (AvgIpc) is 3.21. The molecular weight excluding hydrogens is 366 g/mol. The van der Waals surface area contributed by atoms with Crippen molar-refractivity contribution in [1.29, 1.82) is 0 Å². The Morgan fingerprint density at radius 2 is 1.97 bits per heavy atom. The average molecular weight is 391 g/mol. The Hall–Kier alpha value is -3.15. The molecular formula is C23H25N3O3. The van der Waals surface area contributed by atoms with Crippen molar-refractivity contribution < 1.29 is 14.1 Å². The third-order valence-electron chi connectivity index (χ3n) is 5.29. The van der Waals surface area contributed by atoms with E-state index in [0.717, 1.165) is 30.5 Å². The second-order valence-corrected chi connectivity index (χ2v) is 7.48. The Bertz CT molecular complexity index is 955. The quantitative estimate of drug-likeness (QED) is 0.637. The summed E-state index contributed by atoms with van der Waals surface area (Å²) in [6, 6.07) is 17.4. The molecule has 0 N–H and O–H groups in total. The van der Waals surface area contributed by atoms with Crippen LogP contribution in [-0.2, 0) is 11.2 Å². The van der Waals surface area contributed by atoms with Crippen molar-refractivity contribution >= 4 is 5.91 Å². The van der Waals surface area contributed by atoms with Crippen LogP contribution in [0.4, 0.5) is 0 Å². The molecule has 150 valence electrons. The van der Waals surface area contributed by atoms with Crippen LogP contribution in [0.1, 0.15) is 24.3 Å². The Kier molecular flexibility index (Phi) is 5.89. The van der Waals surface area contributed by atoms with Gasteiger partial charge >= 0.3 is 0 Å². The van der Waals surface area contributed by atoms with Crippen LogP contribution < -0.4 is 4.74 Å². The molecule has 1 unspecified atom stereocenters. The Morgan fingerprint density at radius 3 is 2.79 bits per heavy atom. The monoisotopic (exact) mass is 391 g/mol. The fourth-order valence-electron chi connectivity index (χ4n) is 3.73.